The summed E-state index contributed by atoms with van der Waals surface area (Å²) in [4.78, 5) is 16.7. The molecule has 0 atom stereocenters. The second kappa shape index (κ2) is 7.99. The largest absolute Gasteiger partial charge is 0.367 e. The molecule has 0 bridgehead atoms. The van der Waals surface area contributed by atoms with E-state index in [1.54, 1.807) is 6.07 Å². The predicted octanol–water partition coefficient (Wildman–Crippen LogP) is 4.37. The van der Waals surface area contributed by atoms with E-state index in [1.165, 1.54) is 12.3 Å². The van der Waals surface area contributed by atoms with Crippen LogP contribution in [0, 0.1) is 10.1 Å². The van der Waals surface area contributed by atoms with Crippen molar-refractivity contribution in [3.63, 3.8) is 0 Å². The fourth-order valence-electron chi connectivity index (χ4n) is 2.92. The average Bonchev–Trinajstić information content (AvgIpc) is 2.60. The van der Waals surface area contributed by atoms with Gasteiger partial charge in [-0.25, -0.2) is 4.98 Å². The predicted molar refractivity (Wildman–Crippen MR) is 99.3 cm³/mol. The van der Waals surface area contributed by atoms with E-state index in [-0.39, 0.29) is 5.69 Å². The van der Waals surface area contributed by atoms with E-state index in [0.29, 0.717) is 21.9 Å². The van der Waals surface area contributed by atoms with Gasteiger partial charge in [0, 0.05) is 31.7 Å². The molecule has 1 aromatic carbocycles. The van der Waals surface area contributed by atoms with Gasteiger partial charge in [0.25, 0.3) is 5.69 Å². The molecule has 1 aliphatic rings. The third-order valence-electron chi connectivity index (χ3n) is 4.29. The van der Waals surface area contributed by atoms with Crippen molar-refractivity contribution in [1.82, 2.24) is 9.88 Å². The molecule has 1 N–H and O–H groups in total. The molecule has 2 heterocycles. The number of benzene rings is 1. The SMILES string of the molecule is O=[N+]([O-])c1ccc(NC2CCN(Cc3ccc(Cl)c(Cl)c3)CC2)nc1. The van der Waals surface area contributed by atoms with Crippen LogP contribution in [0.1, 0.15) is 18.4 Å². The first kappa shape index (κ1) is 17.9. The summed E-state index contributed by atoms with van der Waals surface area (Å²) in [5.41, 5.74) is 1.15. The molecule has 6 nitrogen and oxygen atoms in total. The van der Waals surface area contributed by atoms with E-state index in [0.717, 1.165) is 38.0 Å². The van der Waals surface area contributed by atoms with Crippen molar-refractivity contribution in [2.24, 2.45) is 0 Å². The van der Waals surface area contributed by atoms with Crippen LogP contribution in [0.4, 0.5) is 11.5 Å². The second-order valence-electron chi connectivity index (χ2n) is 6.10. The summed E-state index contributed by atoms with van der Waals surface area (Å²) in [5.74, 6) is 0.675. The lowest BCUT2D eigenvalue weighted by molar-refractivity contribution is -0.385. The van der Waals surface area contributed by atoms with Gasteiger partial charge in [0.05, 0.1) is 15.0 Å². The van der Waals surface area contributed by atoms with Gasteiger partial charge in [-0.1, -0.05) is 29.3 Å². The van der Waals surface area contributed by atoms with Gasteiger partial charge in [0.15, 0.2) is 0 Å². The zero-order valence-corrected chi connectivity index (χ0v) is 15.0. The molecule has 0 saturated carbocycles. The van der Waals surface area contributed by atoms with E-state index in [9.17, 15) is 10.1 Å². The minimum atomic E-state index is -0.446. The molecule has 2 aromatic rings. The Kier molecular flexibility index (Phi) is 5.73. The average molecular weight is 381 g/mol. The zero-order chi connectivity index (χ0) is 17.8. The number of nitro groups is 1. The third kappa shape index (κ3) is 4.81. The Morgan fingerprint density at radius 2 is 1.96 bits per heavy atom. The molecule has 25 heavy (non-hydrogen) atoms. The highest BCUT2D eigenvalue weighted by Crippen LogP contribution is 2.24. The maximum absolute atomic E-state index is 10.7. The molecule has 0 radical (unpaired) electrons. The van der Waals surface area contributed by atoms with Crippen LogP contribution in [-0.4, -0.2) is 33.9 Å². The molecule has 0 amide bonds. The van der Waals surface area contributed by atoms with Crippen molar-refractivity contribution in [1.29, 1.82) is 0 Å². The van der Waals surface area contributed by atoms with Gasteiger partial charge in [-0.05, 0) is 36.6 Å². The van der Waals surface area contributed by atoms with Crippen molar-refractivity contribution in [2.45, 2.75) is 25.4 Å². The lowest BCUT2D eigenvalue weighted by atomic mass is 10.0. The Morgan fingerprint density at radius 1 is 1.20 bits per heavy atom. The summed E-state index contributed by atoms with van der Waals surface area (Å²) in [6.45, 7) is 2.77. The standard InChI is InChI=1S/C17H18Cl2N4O2/c18-15-3-1-12(9-16(15)19)11-22-7-5-13(6-8-22)21-17-4-2-14(10-20-17)23(24)25/h1-4,9-10,13H,5-8,11H2,(H,20,21). The molecular weight excluding hydrogens is 363 g/mol. The van der Waals surface area contributed by atoms with Gasteiger partial charge in [0.1, 0.15) is 12.0 Å². The molecule has 1 fully saturated rings. The summed E-state index contributed by atoms with van der Waals surface area (Å²) < 4.78 is 0. The van der Waals surface area contributed by atoms with Crippen molar-refractivity contribution < 1.29 is 4.92 Å². The first-order valence-corrected chi connectivity index (χ1v) is 8.80. The Morgan fingerprint density at radius 3 is 2.56 bits per heavy atom. The number of pyridine rings is 1. The summed E-state index contributed by atoms with van der Waals surface area (Å²) in [5, 5.41) is 15.2. The molecule has 1 aromatic heterocycles. The first-order valence-electron chi connectivity index (χ1n) is 8.04. The van der Waals surface area contributed by atoms with Gasteiger partial charge >= 0.3 is 0 Å². The second-order valence-corrected chi connectivity index (χ2v) is 6.92. The molecule has 3 rings (SSSR count). The van der Waals surface area contributed by atoms with Crippen molar-refractivity contribution in [3.05, 3.63) is 62.3 Å². The van der Waals surface area contributed by atoms with Crippen molar-refractivity contribution in [2.75, 3.05) is 18.4 Å². The van der Waals surface area contributed by atoms with E-state index in [2.05, 4.69) is 15.2 Å². The van der Waals surface area contributed by atoms with Crippen LogP contribution in [0.2, 0.25) is 10.0 Å². The highest BCUT2D eigenvalue weighted by molar-refractivity contribution is 6.42. The number of halogens is 2. The molecule has 0 aliphatic carbocycles. The van der Waals surface area contributed by atoms with E-state index < -0.39 is 4.92 Å². The Hall–Kier alpha value is -1.89. The lowest BCUT2D eigenvalue weighted by Crippen LogP contribution is -2.38. The van der Waals surface area contributed by atoms with Crippen LogP contribution in [0.25, 0.3) is 0 Å². The summed E-state index contributed by atoms with van der Waals surface area (Å²) >= 11 is 12.0. The van der Waals surface area contributed by atoms with Crippen LogP contribution in [0.3, 0.4) is 0 Å². The van der Waals surface area contributed by atoms with Gasteiger partial charge < -0.3 is 5.32 Å². The van der Waals surface area contributed by atoms with Gasteiger partial charge in [-0.15, -0.1) is 0 Å². The Balaban J connectivity index is 1.49. The number of hydrogen-bond acceptors (Lipinski definition) is 5. The van der Waals surface area contributed by atoms with Crippen LogP contribution in [0.15, 0.2) is 36.5 Å². The number of anilines is 1. The number of hydrogen-bond donors (Lipinski definition) is 1. The maximum Gasteiger partial charge on any atom is 0.287 e. The monoisotopic (exact) mass is 380 g/mol. The normalized spacial score (nSPS) is 15.9. The Labute approximate surface area is 155 Å². The minimum Gasteiger partial charge on any atom is -0.367 e. The zero-order valence-electron chi connectivity index (χ0n) is 13.5. The number of nitrogens with one attached hydrogen (secondary N) is 1. The van der Waals surface area contributed by atoms with Crippen LogP contribution in [0.5, 0.6) is 0 Å². The summed E-state index contributed by atoms with van der Waals surface area (Å²) in [6, 6.07) is 9.18. The van der Waals surface area contributed by atoms with Gasteiger partial charge in [-0.2, -0.15) is 0 Å². The molecular formula is C17H18Cl2N4O2. The van der Waals surface area contributed by atoms with Crippen LogP contribution >= 0.6 is 23.2 Å². The van der Waals surface area contributed by atoms with Gasteiger partial charge in [-0.3, -0.25) is 15.0 Å². The number of aromatic nitrogens is 1. The topological polar surface area (TPSA) is 71.3 Å². The number of piperidine rings is 1. The number of nitrogens with zero attached hydrogens (tertiary/aromatic N) is 3. The van der Waals surface area contributed by atoms with Gasteiger partial charge in [0.2, 0.25) is 0 Å². The first-order chi connectivity index (χ1) is 12.0. The molecule has 0 spiro atoms. The molecule has 0 unspecified atom stereocenters. The van der Waals surface area contributed by atoms with E-state index in [1.807, 2.05) is 18.2 Å². The van der Waals surface area contributed by atoms with Crippen molar-refractivity contribution in [3.8, 4) is 0 Å². The molecule has 132 valence electrons. The Bertz CT molecular complexity index is 747. The summed E-state index contributed by atoms with van der Waals surface area (Å²) in [6.07, 6.45) is 3.25. The molecule has 8 heteroatoms. The smallest absolute Gasteiger partial charge is 0.287 e. The minimum absolute atomic E-state index is 0.00185. The fourth-order valence-corrected chi connectivity index (χ4v) is 3.24. The van der Waals surface area contributed by atoms with E-state index >= 15 is 0 Å². The lowest BCUT2D eigenvalue weighted by Gasteiger charge is -2.32. The fraction of sp³-hybridized carbons (Fsp3) is 0.353. The quantitative estimate of drug-likeness (QED) is 0.615. The van der Waals surface area contributed by atoms with Crippen molar-refractivity contribution >= 4 is 34.7 Å². The number of rotatable bonds is 5. The highest BCUT2D eigenvalue weighted by Gasteiger charge is 2.20. The maximum atomic E-state index is 10.7. The van der Waals surface area contributed by atoms with Crippen LogP contribution in [-0.2, 0) is 6.54 Å². The van der Waals surface area contributed by atoms with Crippen LogP contribution < -0.4 is 5.32 Å². The number of likely N-dealkylation sites (tertiary alicyclic amines) is 1. The summed E-state index contributed by atoms with van der Waals surface area (Å²) in [7, 11) is 0. The third-order valence-corrected chi connectivity index (χ3v) is 5.03. The molecule has 1 saturated heterocycles. The highest BCUT2D eigenvalue weighted by atomic mass is 35.5. The van der Waals surface area contributed by atoms with E-state index in [4.69, 9.17) is 23.2 Å². The molecule has 1 aliphatic heterocycles.